The first-order valence-corrected chi connectivity index (χ1v) is 8.27. The van der Waals surface area contributed by atoms with Gasteiger partial charge in [-0.05, 0) is 28.3 Å². The molecule has 1 N–H and O–H groups in total. The molecule has 0 spiro atoms. The zero-order valence-corrected chi connectivity index (χ0v) is 13.8. The zero-order valence-electron chi connectivity index (χ0n) is 13.0. The molecule has 0 fully saturated rings. The van der Waals surface area contributed by atoms with Crippen LogP contribution in [0.15, 0.2) is 59.5 Å². The van der Waals surface area contributed by atoms with Crippen molar-refractivity contribution in [2.45, 2.75) is 6.42 Å². The summed E-state index contributed by atoms with van der Waals surface area (Å²) in [5, 5.41) is 8.93. The van der Waals surface area contributed by atoms with E-state index in [1.165, 1.54) is 21.9 Å². The van der Waals surface area contributed by atoms with Crippen molar-refractivity contribution in [1.82, 2.24) is 10.2 Å². The molecule has 1 aromatic heterocycles. The number of nitrogens with zero attached hydrogens (tertiary/aromatic N) is 2. The summed E-state index contributed by atoms with van der Waals surface area (Å²) in [6.07, 6.45) is 4.72. The lowest BCUT2D eigenvalue weighted by atomic mass is 9.94. The predicted molar refractivity (Wildman–Crippen MR) is 98.6 cm³/mol. The van der Waals surface area contributed by atoms with E-state index in [4.69, 9.17) is 11.6 Å². The monoisotopic (exact) mass is 337 g/mol. The maximum atomic E-state index is 11.6. The maximum absolute atomic E-state index is 11.6. The minimum atomic E-state index is -0.349. The van der Waals surface area contributed by atoms with Gasteiger partial charge < -0.3 is 4.90 Å². The topological polar surface area (TPSA) is 49.0 Å². The molecule has 4 nitrogen and oxygen atoms in total. The lowest BCUT2D eigenvalue weighted by Crippen LogP contribution is -2.30. The molecule has 3 aromatic rings. The van der Waals surface area contributed by atoms with Crippen molar-refractivity contribution >= 4 is 33.6 Å². The predicted octanol–water partition coefficient (Wildman–Crippen LogP) is 3.87. The molecule has 0 unspecified atom stereocenters. The molecular weight excluding hydrogens is 322 g/mol. The van der Waals surface area contributed by atoms with Gasteiger partial charge in [0, 0.05) is 13.1 Å². The van der Waals surface area contributed by atoms with Crippen LogP contribution in [-0.4, -0.2) is 23.3 Å². The first-order valence-electron chi connectivity index (χ1n) is 7.89. The molecule has 4 rings (SSSR count). The van der Waals surface area contributed by atoms with Gasteiger partial charge in [-0.3, -0.25) is 4.79 Å². The molecule has 0 amide bonds. The second-order valence-electron chi connectivity index (χ2n) is 5.85. The minimum absolute atomic E-state index is 0.201. The summed E-state index contributed by atoms with van der Waals surface area (Å²) in [6.45, 7) is 1.52. The molecule has 2 aromatic carbocycles. The maximum Gasteiger partial charge on any atom is 0.285 e. The van der Waals surface area contributed by atoms with Gasteiger partial charge in [-0.15, -0.1) is 0 Å². The number of hydrogen-bond donors (Lipinski definition) is 1. The summed E-state index contributed by atoms with van der Waals surface area (Å²) in [6, 6.07) is 14.8. The van der Waals surface area contributed by atoms with Gasteiger partial charge in [0.05, 0.1) is 11.9 Å². The van der Waals surface area contributed by atoms with Crippen molar-refractivity contribution in [3.05, 3.63) is 75.7 Å². The van der Waals surface area contributed by atoms with Crippen molar-refractivity contribution in [3.63, 3.8) is 0 Å². The molecule has 24 heavy (non-hydrogen) atoms. The van der Waals surface area contributed by atoms with Crippen molar-refractivity contribution in [2.24, 2.45) is 0 Å². The van der Waals surface area contributed by atoms with E-state index in [-0.39, 0.29) is 10.6 Å². The molecule has 0 radical (unpaired) electrons. The van der Waals surface area contributed by atoms with Crippen LogP contribution in [0.1, 0.15) is 12.0 Å². The van der Waals surface area contributed by atoms with Crippen molar-refractivity contribution < 1.29 is 0 Å². The molecule has 5 heteroatoms. The lowest BCUT2D eigenvalue weighted by Gasteiger charge is -2.29. The van der Waals surface area contributed by atoms with Crippen LogP contribution in [-0.2, 0) is 0 Å². The first-order chi connectivity index (χ1) is 11.7. The number of nitrogens with one attached hydrogen (secondary N) is 1. The Morgan fingerprint density at radius 3 is 2.79 bits per heavy atom. The summed E-state index contributed by atoms with van der Waals surface area (Å²) in [5.41, 5.74) is 2.95. The largest absolute Gasteiger partial charge is 0.365 e. The van der Waals surface area contributed by atoms with Crippen LogP contribution in [0, 0.1) is 0 Å². The second-order valence-corrected chi connectivity index (χ2v) is 6.23. The number of aromatic amines is 1. The summed E-state index contributed by atoms with van der Waals surface area (Å²) in [5.74, 6) is 0. The van der Waals surface area contributed by atoms with Gasteiger partial charge in [0.15, 0.2) is 0 Å². The van der Waals surface area contributed by atoms with Gasteiger partial charge in [0.2, 0.25) is 0 Å². The van der Waals surface area contributed by atoms with Gasteiger partial charge >= 0.3 is 0 Å². The summed E-state index contributed by atoms with van der Waals surface area (Å²) >= 11 is 6.11. The summed E-state index contributed by atoms with van der Waals surface area (Å²) in [4.78, 5) is 13.7. The molecule has 0 saturated heterocycles. The Bertz CT molecular complexity index is 988. The third kappa shape index (κ3) is 2.59. The Balaban J connectivity index is 1.67. The van der Waals surface area contributed by atoms with Crippen LogP contribution in [0.25, 0.3) is 16.3 Å². The number of hydrogen-bond acceptors (Lipinski definition) is 3. The Morgan fingerprint density at radius 1 is 1.12 bits per heavy atom. The van der Waals surface area contributed by atoms with Gasteiger partial charge in [0.1, 0.15) is 5.02 Å². The van der Waals surface area contributed by atoms with Crippen molar-refractivity contribution in [1.29, 1.82) is 0 Å². The Hall–Kier alpha value is -2.59. The number of rotatable bonds is 2. The average molecular weight is 338 g/mol. The van der Waals surface area contributed by atoms with Gasteiger partial charge in [-0.25, -0.2) is 5.10 Å². The van der Waals surface area contributed by atoms with E-state index in [0.717, 1.165) is 13.0 Å². The van der Waals surface area contributed by atoms with E-state index in [9.17, 15) is 4.79 Å². The number of benzene rings is 2. The minimum Gasteiger partial charge on any atom is -0.365 e. The molecule has 2 heterocycles. The first kappa shape index (κ1) is 15.0. The molecule has 0 saturated carbocycles. The highest BCUT2D eigenvalue weighted by molar-refractivity contribution is 6.33. The van der Waals surface area contributed by atoms with Crippen LogP contribution < -0.4 is 10.5 Å². The average Bonchev–Trinajstić information content (AvgIpc) is 2.64. The molecule has 1 aliphatic rings. The van der Waals surface area contributed by atoms with Gasteiger partial charge in [-0.2, -0.15) is 5.10 Å². The number of fused-ring (bicyclic) bond motifs is 1. The SMILES string of the molecule is O=c1[nH]ncc(N2CC=C(c3cccc4ccccc34)CC2)c1Cl. The van der Waals surface area contributed by atoms with E-state index in [1.807, 2.05) is 0 Å². The van der Waals surface area contributed by atoms with E-state index >= 15 is 0 Å². The number of anilines is 1. The highest BCUT2D eigenvalue weighted by Gasteiger charge is 2.18. The van der Waals surface area contributed by atoms with Gasteiger partial charge in [-0.1, -0.05) is 60.1 Å². The standard InChI is InChI=1S/C19H16ClN3O/c20-18-17(12-21-22-19(18)24)23-10-8-14(9-11-23)16-7-3-5-13-4-1-2-6-15(13)16/h1-8,12H,9-11H2,(H,22,24). The highest BCUT2D eigenvalue weighted by Crippen LogP contribution is 2.31. The molecule has 1 aliphatic heterocycles. The van der Waals surface area contributed by atoms with E-state index in [2.05, 4.69) is 63.6 Å². The van der Waals surface area contributed by atoms with E-state index in [1.54, 1.807) is 6.20 Å². The third-order valence-corrected chi connectivity index (χ3v) is 4.83. The normalized spacial score (nSPS) is 14.7. The fourth-order valence-electron chi connectivity index (χ4n) is 3.23. The van der Waals surface area contributed by atoms with Crippen LogP contribution in [0.4, 0.5) is 5.69 Å². The summed E-state index contributed by atoms with van der Waals surface area (Å²) in [7, 11) is 0. The summed E-state index contributed by atoms with van der Waals surface area (Å²) < 4.78 is 0. The smallest absolute Gasteiger partial charge is 0.285 e. The van der Waals surface area contributed by atoms with E-state index < -0.39 is 0 Å². The van der Waals surface area contributed by atoms with Crippen molar-refractivity contribution in [3.8, 4) is 0 Å². The second kappa shape index (κ2) is 6.13. The van der Waals surface area contributed by atoms with Crippen LogP contribution in [0.3, 0.4) is 0 Å². The number of halogens is 1. The molecule has 120 valence electrons. The Morgan fingerprint density at radius 2 is 1.96 bits per heavy atom. The fraction of sp³-hybridized carbons (Fsp3) is 0.158. The fourth-order valence-corrected chi connectivity index (χ4v) is 3.44. The van der Waals surface area contributed by atoms with Crippen LogP contribution in [0.2, 0.25) is 5.02 Å². The van der Waals surface area contributed by atoms with E-state index in [0.29, 0.717) is 12.2 Å². The lowest BCUT2D eigenvalue weighted by molar-refractivity contribution is 0.821. The molecular formula is C19H16ClN3O. The molecule has 0 atom stereocenters. The van der Waals surface area contributed by atoms with Crippen LogP contribution in [0.5, 0.6) is 0 Å². The van der Waals surface area contributed by atoms with Gasteiger partial charge in [0.25, 0.3) is 5.56 Å². The van der Waals surface area contributed by atoms with Crippen molar-refractivity contribution in [2.75, 3.05) is 18.0 Å². The number of aromatic nitrogens is 2. The number of H-pyrrole nitrogens is 1. The third-order valence-electron chi connectivity index (χ3n) is 4.46. The quantitative estimate of drug-likeness (QED) is 0.772. The highest BCUT2D eigenvalue weighted by atomic mass is 35.5. The molecule has 0 bridgehead atoms. The molecule has 0 aliphatic carbocycles. The zero-order chi connectivity index (χ0) is 16.5. The Labute approximate surface area is 144 Å². The van der Waals surface area contributed by atoms with Crippen LogP contribution >= 0.6 is 11.6 Å². The Kier molecular flexibility index (Phi) is 3.82.